The first-order chi connectivity index (χ1) is 5.56. The van der Waals surface area contributed by atoms with E-state index in [1.165, 1.54) is 12.8 Å². The molecule has 0 bridgehead atoms. The highest BCUT2D eigenvalue weighted by atomic mass is 32.1. The molecule has 3 heteroatoms. The quantitative estimate of drug-likeness (QED) is 0.396. The van der Waals surface area contributed by atoms with Crippen molar-refractivity contribution in [3.05, 3.63) is 11.5 Å². The van der Waals surface area contributed by atoms with E-state index in [0.29, 0.717) is 0 Å². The van der Waals surface area contributed by atoms with Crippen LogP contribution in [0.5, 0.6) is 0 Å². The summed E-state index contributed by atoms with van der Waals surface area (Å²) in [6, 6.07) is 0. The van der Waals surface area contributed by atoms with Crippen LogP contribution in [0, 0.1) is 0 Å². The second-order valence-electron chi connectivity index (χ2n) is 3.84. The number of unbranched alkanes of at least 4 members (excludes halogenated alkanes) is 2. The normalized spacial score (nSPS) is 12.7. The maximum atomic E-state index is 5.71. The second-order valence-corrected chi connectivity index (χ2v) is 8.65. The predicted octanol–water partition coefficient (Wildman–Crippen LogP) is 3.45. The Labute approximate surface area is 82.7 Å². The molecular formula is C9H20OSSi. The number of hydrogen-bond acceptors (Lipinski definition) is 2. The lowest BCUT2D eigenvalue weighted by atomic mass is 10.2. The Morgan fingerprint density at radius 1 is 1.25 bits per heavy atom. The van der Waals surface area contributed by atoms with Crippen molar-refractivity contribution < 1.29 is 4.43 Å². The molecule has 0 N–H and O–H groups in total. The third kappa shape index (κ3) is 10.3. The molecule has 0 aromatic heterocycles. The van der Waals surface area contributed by atoms with Crippen molar-refractivity contribution in [2.45, 2.75) is 38.9 Å². The minimum Gasteiger partial charge on any atom is -0.418 e. The van der Waals surface area contributed by atoms with Gasteiger partial charge >= 0.3 is 0 Å². The molecule has 1 nitrogen and oxygen atoms in total. The molecule has 0 aliphatic heterocycles. The molecule has 0 saturated carbocycles. The van der Waals surface area contributed by atoms with Gasteiger partial charge in [-0.1, -0.05) is 6.08 Å². The van der Waals surface area contributed by atoms with E-state index < -0.39 is 8.32 Å². The fourth-order valence-corrected chi connectivity index (χ4v) is 1.72. The van der Waals surface area contributed by atoms with Crippen molar-refractivity contribution in [3.63, 3.8) is 0 Å². The van der Waals surface area contributed by atoms with Crippen LogP contribution >= 0.6 is 12.6 Å². The summed E-state index contributed by atoms with van der Waals surface area (Å²) in [6.07, 6.45) is 5.58. The lowest BCUT2D eigenvalue weighted by Crippen LogP contribution is -2.25. The lowest BCUT2D eigenvalue weighted by Gasteiger charge is -2.16. The van der Waals surface area contributed by atoms with Crippen molar-refractivity contribution >= 4 is 20.9 Å². The molecule has 12 heavy (non-hydrogen) atoms. The van der Waals surface area contributed by atoms with Gasteiger partial charge in [-0.2, -0.15) is 12.6 Å². The maximum Gasteiger partial charge on any atom is 0.183 e. The second kappa shape index (κ2) is 6.75. The summed E-state index contributed by atoms with van der Waals surface area (Å²) in [7, 11) is -1.26. The van der Waals surface area contributed by atoms with E-state index >= 15 is 0 Å². The third-order valence-corrected chi connectivity index (χ3v) is 2.69. The van der Waals surface area contributed by atoms with Crippen LogP contribution in [-0.4, -0.2) is 14.9 Å². The summed E-state index contributed by atoms with van der Waals surface area (Å²) in [5.74, 6) is 0. The lowest BCUT2D eigenvalue weighted by molar-refractivity contribution is 0.301. The van der Waals surface area contributed by atoms with Crippen LogP contribution in [0.25, 0.3) is 0 Å². The highest BCUT2D eigenvalue weighted by Gasteiger charge is 2.12. The van der Waals surface area contributed by atoms with Crippen LogP contribution < -0.4 is 0 Å². The fourth-order valence-electron chi connectivity index (χ4n) is 0.817. The van der Waals surface area contributed by atoms with Gasteiger partial charge in [0.05, 0.1) is 0 Å². The average Bonchev–Trinajstić information content (AvgIpc) is 1.94. The SMILES string of the molecule is C[Si](C)(C)OCCCC/C=C/S. The van der Waals surface area contributed by atoms with Gasteiger partial charge < -0.3 is 4.43 Å². The molecular weight excluding hydrogens is 184 g/mol. The Balaban J connectivity index is 3.11. The van der Waals surface area contributed by atoms with Gasteiger partial charge in [0.1, 0.15) is 0 Å². The third-order valence-electron chi connectivity index (χ3n) is 1.41. The molecule has 0 saturated heterocycles. The van der Waals surface area contributed by atoms with E-state index in [1.54, 1.807) is 5.41 Å². The molecule has 0 atom stereocenters. The van der Waals surface area contributed by atoms with Gasteiger partial charge in [0, 0.05) is 6.61 Å². The number of allylic oxidation sites excluding steroid dienone is 1. The van der Waals surface area contributed by atoms with E-state index in [-0.39, 0.29) is 0 Å². The molecule has 72 valence electrons. The minimum absolute atomic E-state index is 0.927. The van der Waals surface area contributed by atoms with Gasteiger partial charge in [0.25, 0.3) is 0 Å². The highest BCUT2D eigenvalue weighted by Crippen LogP contribution is 2.05. The molecule has 0 radical (unpaired) electrons. The Kier molecular flexibility index (Phi) is 6.90. The van der Waals surface area contributed by atoms with Crippen molar-refractivity contribution in [3.8, 4) is 0 Å². The first kappa shape index (κ1) is 12.3. The maximum absolute atomic E-state index is 5.71. The summed E-state index contributed by atoms with van der Waals surface area (Å²) >= 11 is 3.99. The zero-order chi connectivity index (χ0) is 9.45. The molecule has 0 unspecified atom stereocenters. The van der Waals surface area contributed by atoms with Crippen molar-refractivity contribution in [2.24, 2.45) is 0 Å². The van der Waals surface area contributed by atoms with E-state index in [9.17, 15) is 0 Å². The molecule has 0 spiro atoms. The number of thiol groups is 1. The number of hydrogen-bond donors (Lipinski definition) is 1. The first-order valence-corrected chi connectivity index (χ1v) is 8.42. The largest absolute Gasteiger partial charge is 0.418 e. The molecule has 0 amide bonds. The molecule has 0 aromatic carbocycles. The molecule has 0 rings (SSSR count). The van der Waals surface area contributed by atoms with E-state index in [1.807, 2.05) is 0 Å². The van der Waals surface area contributed by atoms with Gasteiger partial charge in [-0.25, -0.2) is 0 Å². The molecule has 0 aliphatic rings. The van der Waals surface area contributed by atoms with Crippen LogP contribution in [0.1, 0.15) is 19.3 Å². The fraction of sp³-hybridized carbons (Fsp3) is 0.778. The Hall–Kier alpha value is 0.267. The van der Waals surface area contributed by atoms with Crippen LogP contribution in [0.4, 0.5) is 0 Å². The van der Waals surface area contributed by atoms with Crippen LogP contribution in [0.3, 0.4) is 0 Å². The highest BCUT2D eigenvalue weighted by molar-refractivity contribution is 7.83. The summed E-state index contributed by atoms with van der Waals surface area (Å²) < 4.78 is 5.71. The summed E-state index contributed by atoms with van der Waals surface area (Å²) in [5.41, 5.74) is 0. The van der Waals surface area contributed by atoms with Crippen molar-refractivity contribution in [2.75, 3.05) is 6.61 Å². The van der Waals surface area contributed by atoms with Crippen molar-refractivity contribution in [1.82, 2.24) is 0 Å². The molecule has 0 aliphatic carbocycles. The zero-order valence-electron chi connectivity index (χ0n) is 8.34. The van der Waals surface area contributed by atoms with Gasteiger partial charge in [-0.3, -0.25) is 0 Å². The zero-order valence-corrected chi connectivity index (χ0v) is 10.2. The Morgan fingerprint density at radius 3 is 2.42 bits per heavy atom. The summed E-state index contributed by atoms with van der Waals surface area (Å²) in [4.78, 5) is 0. The summed E-state index contributed by atoms with van der Waals surface area (Å²) in [5, 5.41) is 1.80. The van der Waals surface area contributed by atoms with Gasteiger partial charge in [0.15, 0.2) is 8.32 Å². The van der Waals surface area contributed by atoms with E-state index in [2.05, 4.69) is 38.3 Å². The van der Waals surface area contributed by atoms with E-state index in [0.717, 1.165) is 13.0 Å². The predicted molar refractivity (Wildman–Crippen MR) is 61.3 cm³/mol. The number of rotatable bonds is 6. The van der Waals surface area contributed by atoms with Crippen molar-refractivity contribution in [1.29, 1.82) is 0 Å². The van der Waals surface area contributed by atoms with Gasteiger partial charge in [0.2, 0.25) is 0 Å². The monoisotopic (exact) mass is 204 g/mol. The molecule has 0 aromatic rings. The Morgan fingerprint density at radius 2 is 1.92 bits per heavy atom. The van der Waals surface area contributed by atoms with Gasteiger partial charge in [-0.05, 0) is 44.3 Å². The molecule has 0 heterocycles. The van der Waals surface area contributed by atoms with Crippen LogP contribution in [0.15, 0.2) is 11.5 Å². The smallest absolute Gasteiger partial charge is 0.183 e. The van der Waals surface area contributed by atoms with E-state index in [4.69, 9.17) is 4.43 Å². The van der Waals surface area contributed by atoms with Crippen LogP contribution in [-0.2, 0) is 4.43 Å². The minimum atomic E-state index is -1.26. The molecule has 0 fully saturated rings. The Bertz CT molecular complexity index is 129. The topological polar surface area (TPSA) is 9.23 Å². The standard InChI is InChI=1S/C9H20OSSi/c1-12(2,3)10-8-6-4-5-7-9-11/h7,9,11H,4-6,8H2,1-3H3/b9-7+. The van der Waals surface area contributed by atoms with Gasteiger partial charge in [-0.15, -0.1) is 0 Å². The van der Waals surface area contributed by atoms with Crippen LogP contribution in [0.2, 0.25) is 19.6 Å². The summed E-state index contributed by atoms with van der Waals surface area (Å²) in [6.45, 7) is 7.60. The average molecular weight is 204 g/mol. The first-order valence-electron chi connectivity index (χ1n) is 4.49.